The molecule has 1 N–H and O–H groups in total. The fourth-order valence-corrected chi connectivity index (χ4v) is 4.59. The number of H-pyrrole nitrogens is 1. The highest BCUT2D eigenvalue weighted by Gasteiger charge is 2.40. The molecule has 30 heavy (non-hydrogen) atoms. The predicted octanol–water partition coefficient (Wildman–Crippen LogP) is 2.37. The van der Waals surface area contributed by atoms with Crippen LogP contribution in [0.15, 0.2) is 24.3 Å². The lowest BCUT2D eigenvalue weighted by atomic mass is 9.80. The molecule has 2 aromatic heterocycles. The Balaban J connectivity index is 1.47. The molecule has 1 saturated heterocycles. The van der Waals surface area contributed by atoms with Gasteiger partial charge in [-0.15, -0.1) is 0 Å². The lowest BCUT2D eigenvalue weighted by Gasteiger charge is -2.39. The van der Waals surface area contributed by atoms with Gasteiger partial charge in [-0.25, -0.2) is 9.97 Å². The summed E-state index contributed by atoms with van der Waals surface area (Å²) in [5.41, 5.74) is 2.67. The number of aromatic amines is 1. The summed E-state index contributed by atoms with van der Waals surface area (Å²) in [4.78, 5) is 38.4. The Bertz CT molecular complexity index is 1190. The number of rotatable bonds is 2. The van der Waals surface area contributed by atoms with Crippen molar-refractivity contribution in [2.24, 2.45) is 0 Å². The molecule has 8 heteroatoms. The van der Waals surface area contributed by atoms with Crippen molar-refractivity contribution in [3.8, 4) is 0 Å². The number of fused-ring (bicyclic) bond motifs is 2. The van der Waals surface area contributed by atoms with Crippen LogP contribution in [0, 0.1) is 6.92 Å². The molecule has 5 rings (SSSR count). The Morgan fingerprint density at radius 1 is 1.23 bits per heavy atom. The standard InChI is InChI=1S/C22H24N6O2/c1-13-15-11-17(29)27(3)19(15)24-21(23-13)22(2)9-6-10-28(12-22)20(30)18-14-7-4-5-8-16(14)25-26-18/h4-5,7-8H,6,9-12H2,1-3H3,(H,25,26). The van der Waals surface area contributed by atoms with E-state index in [-0.39, 0.29) is 17.2 Å². The Hall–Kier alpha value is -3.29. The molecule has 2 amide bonds. The first kappa shape index (κ1) is 18.7. The fourth-order valence-electron chi connectivity index (χ4n) is 4.59. The first-order valence-corrected chi connectivity index (χ1v) is 10.2. The van der Waals surface area contributed by atoms with Crippen molar-refractivity contribution in [2.75, 3.05) is 25.0 Å². The Morgan fingerprint density at radius 3 is 2.87 bits per heavy atom. The number of hydrogen-bond acceptors (Lipinski definition) is 5. The van der Waals surface area contributed by atoms with E-state index in [4.69, 9.17) is 9.97 Å². The Morgan fingerprint density at radius 2 is 2.03 bits per heavy atom. The van der Waals surface area contributed by atoms with Crippen LogP contribution in [0.4, 0.5) is 5.82 Å². The van der Waals surface area contributed by atoms with Crippen molar-refractivity contribution in [1.82, 2.24) is 25.1 Å². The number of carbonyl (C=O) groups excluding carboxylic acids is 2. The number of carbonyl (C=O) groups is 2. The molecule has 3 aromatic rings. The van der Waals surface area contributed by atoms with Gasteiger partial charge in [-0.05, 0) is 25.8 Å². The summed E-state index contributed by atoms with van der Waals surface area (Å²) < 4.78 is 0. The molecule has 2 aliphatic heterocycles. The van der Waals surface area contributed by atoms with E-state index in [0.29, 0.717) is 36.8 Å². The molecule has 8 nitrogen and oxygen atoms in total. The third-order valence-electron chi connectivity index (χ3n) is 6.41. The van der Waals surface area contributed by atoms with E-state index in [1.165, 1.54) is 0 Å². The number of nitrogens with one attached hydrogen (secondary N) is 1. The van der Waals surface area contributed by atoms with Crippen LogP contribution < -0.4 is 4.90 Å². The minimum atomic E-state index is -0.383. The highest BCUT2D eigenvalue weighted by Crippen LogP contribution is 2.36. The summed E-state index contributed by atoms with van der Waals surface area (Å²) in [7, 11) is 1.76. The van der Waals surface area contributed by atoms with Crippen LogP contribution >= 0.6 is 0 Å². The number of hydrogen-bond donors (Lipinski definition) is 1. The zero-order valence-corrected chi connectivity index (χ0v) is 17.4. The van der Waals surface area contributed by atoms with Crippen molar-refractivity contribution in [1.29, 1.82) is 0 Å². The molecule has 0 radical (unpaired) electrons. The van der Waals surface area contributed by atoms with Gasteiger partial charge < -0.3 is 4.90 Å². The zero-order chi connectivity index (χ0) is 21.0. The lowest BCUT2D eigenvalue weighted by Crippen LogP contribution is -2.48. The number of piperidine rings is 1. The number of aromatic nitrogens is 4. The van der Waals surface area contributed by atoms with E-state index in [2.05, 4.69) is 17.1 Å². The van der Waals surface area contributed by atoms with Gasteiger partial charge in [-0.3, -0.25) is 19.6 Å². The molecule has 154 valence electrons. The maximum atomic E-state index is 13.3. The third kappa shape index (κ3) is 2.78. The molecular formula is C22H24N6O2. The van der Waals surface area contributed by atoms with E-state index < -0.39 is 0 Å². The van der Waals surface area contributed by atoms with E-state index in [1.807, 2.05) is 36.1 Å². The molecule has 0 aliphatic carbocycles. The first-order valence-electron chi connectivity index (χ1n) is 10.2. The van der Waals surface area contributed by atoms with Gasteiger partial charge in [0.1, 0.15) is 11.6 Å². The maximum absolute atomic E-state index is 13.3. The minimum absolute atomic E-state index is 0.0376. The normalized spacial score (nSPS) is 21.4. The average molecular weight is 404 g/mol. The molecule has 1 aromatic carbocycles. The monoisotopic (exact) mass is 404 g/mol. The number of nitrogens with zero attached hydrogens (tertiary/aromatic N) is 5. The van der Waals surface area contributed by atoms with Gasteiger partial charge in [0.05, 0.1) is 11.9 Å². The summed E-state index contributed by atoms with van der Waals surface area (Å²) in [6.45, 7) is 5.23. The molecule has 0 spiro atoms. The van der Waals surface area contributed by atoms with E-state index in [1.54, 1.807) is 11.9 Å². The summed E-state index contributed by atoms with van der Waals surface area (Å²) in [5.74, 6) is 1.36. The van der Waals surface area contributed by atoms with Gasteiger partial charge in [0.2, 0.25) is 5.91 Å². The SMILES string of the molecule is Cc1nc(C2(C)CCCN(C(=O)c3n[nH]c4ccccc34)C2)nc2c1CC(=O)N2C. The Kier molecular flexibility index (Phi) is 4.13. The second kappa shape index (κ2) is 6.62. The quantitative estimate of drug-likeness (QED) is 0.708. The van der Waals surface area contributed by atoms with Gasteiger partial charge in [0.25, 0.3) is 5.91 Å². The van der Waals surface area contributed by atoms with Gasteiger partial charge in [0.15, 0.2) is 5.69 Å². The van der Waals surface area contributed by atoms with Crippen LogP contribution in [-0.2, 0) is 16.6 Å². The van der Waals surface area contributed by atoms with Crippen molar-refractivity contribution >= 4 is 28.5 Å². The summed E-state index contributed by atoms with van der Waals surface area (Å²) >= 11 is 0. The molecule has 1 unspecified atom stereocenters. The van der Waals surface area contributed by atoms with Crippen molar-refractivity contribution in [3.05, 3.63) is 47.0 Å². The van der Waals surface area contributed by atoms with E-state index in [9.17, 15) is 9.59 Å². The van der Waals surface area contributed by atoms with Crippen molar-refractivity contribution < 1.29 is 9.59 Å². The molecule has 0 saturated carbocycles. The topological polar surface area (TPSA) is 95.1 Å². The number of para-hydroxylation sites is 1. The van der Waals surface area contributed by atoms with Gasteiger partial charge >= 0.3 is 0 Å². The van der Waals surface area contributed by atoms with Gasteiger partial charge in [-0.2, -0.15) is 5.10 Å². The first-order chi connectivity index (χ1) is 14.4. The average Bonchev–Trinajstić information content (AvgIpc) is 3.29. The number of aryl methyl sites for hydroxylation is 1. The molecule has 0 bridgehead atoms. The van der Waals surface area contributed by atoms with Crippen LogP contribution in [0.1, 0.15) is 47.3 Å². The van der Waals surface area contributed by atoms with E-state index >= 15 is 0 Å². The Labute approximate surface area is 174 Å². The number of anilines is 1. The molecular weight excluding hydrogens is 380 g/mol. The smallest absolute Gasteiger partial charge is 0.275 e. The lowest BCUT2D eigenvalue weighted by molar-refractivity contribution is -0.117. The van der Waals surface area contributed by atoms with E-state index in [0.717, 1.165) is 35.0 Å². The molecule has 1 atom stereocenters. The molecule has 4 heterocycles. The summed E-state index contributed by atoms with van der Waals surface area (Å²) in [6, 6.07) is 7.66. The molecule has 1 fully saturated rings. The minimum Gasteiger partial charge on any atom is -0.336 e. The maximum Gasteiger partial charge on any atom is 0.275 e. The highest BCUT2D eigenvalue weighted by atomic mass is 16.2. The van der Waals surface area contributed by atoms with Crippen LogP contribution in [0.5, 0.6) is 0 Å². The second-order valence-corrected chi connectivity index (χ2v) is 8.57. The van der Waals surface area contributed by atoms with Crippen LogP contribution in [-0.4, -0.2) is 57.0 Å². The van der Waals surface area contributed by atoms with Crippen molar-refractivity contribution in [3.63, 3.8) is 0 Å². The number of likely N-dealkylation sites (N-methyl/N-ethyl adjacent to an activating group) is 1. The summed E-state index contributed by atoms with van der Waals surface area (Å²) in [5, 5.41) is 8.06. The second-order valence-electron chi connectivity index (χ2n) is 8.57. The van der Waals surface area contributed by atoms with Gasteiger partial charge in [-0.1, -0.05) is 25.1 Å². The fraction of sp³-hybridized carbons (Fsp3) is 0.409. The molecule has 2 aliphatic rings. The number of likely N-dealkylation sites (tertiary alicyclic amines) is 1. The highest BCUT2D eigenvalue weighted by molar-refractivity contribution is 6.04. The van der Waals surface area contributed by atoms with Crippen LogP contribution in [0.2, 0.25) is 0 Å². The predicted molar refractivity (Wildman–Crippen MR) is 112 cm³/mol. The zero-order valence-electron chi connectivity index (χ0n) is 17.4. The van der Waals surface area contributed by atoms with Crippen LogP contribution in [0.25, 0.3) is 10.9 Å². The number of amides is 2. The number of benzene rings is 1. The van der Waals surface area contributed by atoms with Crippen molar-refractivity contribution in [2.45, 2.75) is 38.5 Å². The largest absolute Gasteiger partial charge is 0.336 e. The third-order valence-corrected chi connectivity index (χ3v) is 6.41. The summed E-state index contributed by atoms with van der Waals surface area (Å²) in [6.07, 6.45) is 2.10. The van der Waals surface area contributed by atoms with Gasteiger partial charge in [0, 0.05) is 42.2 Å². The van der Waals surface area contributed by atoms with Crippen LogP contribution in [0.3, 0.4) is 0 Å².